The highest BCUT2D eigenvalue weighted by atomic mass is 19.2. The zero-order valence-corrected chi connectivity index (χ0v) is 9.75. The molecule has 1 saturated heterocycles. The van der Waals surface area contributed by atoms with E-state index in [9.17, 15) is 8.78 Å². The molecule has 4 heteroatoms. The molecule has 0 saturated carbocycles. The highest BCUT2D eigenvalue weighted by molar-refractivity contribution is 5.55. The summed E-state index contributed by atoms with van der Waals surface area (Å²) in [6, 6.07) is 2.55. The van der Waals surface area contributed by atoms with Crippen LogP contribution < -0.4 is 4.90 Å². The molecule has 0 radical (unpaired) electrons. The Kier molecular flexibility index (Phi) is 3.94. The first-order chi connectivity index (χ1) is 8.22. The van der Waals surface area contributed by atoms with Gasteiger partial charge >= 0.3 is 0 Å². The Labute approximate surface area is 99.9 Å². The summed E-state index contributed by atoms with van der Waals surface area (Å²) in [5, 5.41) is 8.83. The number of anilines is 1. The van der Waals surface area contributed by atoms with Gasteiger partial charge < -0.3 is 10.0 Å². The van der Waals surface area contributed by atoms with Crippen molar-refractivity contribution in [3.05, 3.63) is 29.3 Å². The summed E-state index contributed by atoms with van der Waals surface area (Å²) >= 11 is 0. The van der Waals surface area contributed by atoms with Gasteiger partial charge in [-0.25, -0.2) is 8.78 Å². The lowest BCUT2D eigenvalue weighted by molar-refractivity contribution is 0.288. The number of aliphatic hydroxyl groups is 1. The Morgan fingerprint density at radius 2 is 1.76 bits per heavy atom. The summed E-state index contributed by atoms with van der Waals surface area (Å²) in [4.78, 5) is 2.09. The minimum atomic E-state index is -0.805. The molecule has 1 N–H and O–H groups in total. The number of nitrogens with zero attached hydrogens (tertiary/aromatic N) is 1. The van der Waals surface area contributed by atoms with Gasteiger partial charge in [0.2, 0.25) is 0 Å². The Bertz CT molecular complexity index is 389. The van der Waals surface area contributed by atoms with Crippen LogP contribution in [-0.4, -0.2) is 24.8 Å². The van der Waals surface area contributed by atoms with E-state index < -0.39 is 11.6 Å². The minimum absolute atomic E-state index is 0.0679. The van der Waals surface area contributed by atoms with Gasteiger partial charge in [-0.05, 0) is 37.3 Å². The summed E-state index contributed by atoms with van der Waals surface area (Å²) in [5.41, 5.74) is 1.58. The second kappa shape index (κ2) is 5.45. The second-order valence-corrected chi connectivity index (χ2v) is 4.42. The fourth-order valence-electron chi connectivity index (χ4n) is 2.30. The lowest BCUT2D eigenvalue weighted by atomic mass is 10.1. The maximum atomic E-state index is 13.3. The third-order valence-corrected chi connectivity index (χ3v) is 3.17. The molecule has 0 unspecified atom stereocenters. The lowest BCUT2D eigenvalue weighted by Crippen LogP contribution is -2.20. The number of hydrogen-bond donors (Lipinski definition) is 1. The van der Waals surface area contributed by atoms with Crippen LogP contribution in [0.5, 0.6) is 0 Å². The monoisotopic (exact) mass is 241 g/mol. The van der Waals surface area contributed by atoms with Crippen molar-refractivity contribution in [2.75, 3.05) is 24.6 Å². The molecule has 0 amide bonds. The van der Waals surface area contributed by atoms with Crippen LogP contribution in [0.15, 0.2) is 12.1 Å². The molecule has 0 aromatic heterocycles. The minimum Gasteiger partial charge on any atom is -0.396 e. The standard InChI is InChI=1S/C13H17F2NO/c14-11-8-10(4-3-7-17)13(9-12(11)15)16-5-1-2-6-16/h8-9,17H,1-7H2. The largest absolute Gasteiger partial charge is 0.396 e. The highest BCUT2D eigenvalue weighted by Crippen LogP contribution is 2.28. The third-order valence-electron chi connectivity index (χ3n) is 3.17. The topological polar surface area (TPSA) is 23.5 Å². The lowest BCUT2D eigenvalue weighted by Gasteiger charge is -2.21. The smallest absolute Gasteiger partial charge is 0.160 e. The van der Waals surface area contributed by atoms with Crippen molar-refractivity contribution < 1.29 is 13.9 Å². The molecular weight excluding hydrogens is 224 g/mol. The molecule has 0 bridgehead atoms. The predicted molar refractivity (Wildman–Crippen MR) is 63.2 cm³/mol. The maximum Gasteiger partial charge on any atom is 0.160 e. The molecule has 1 aromatic carbocycles. The van der Waals surface area contributed by atoms with Crippen molar-refractivity contribution >= 4 is 5.69 Å². The quantitative estimate of drug-likeness (QED) is 0.875. The van der Waals surface area contributed by atoms with E-state index in [0.29, 0.717) is 12.8 Å². The molecular formula is C13H17F2NO. The van der Waals surface area contributed by atoms with Gasteiger partial charge in [-0.3, -0.25) is 0 Å². The van der Waals surface area contributed by atoms with E-state index in [1.165, 1.54) is 12.1 Å². The molecule has 2 rings (SSSR count). The van der Waals surface area contributed by atoms with Gasteiger partial charge in [0, 0.05) is 31.5 Å². The van der Waals surface area contributed by atoms with E-state index in [1.807, 2.05) is 0 Å². The molecule has 94 valence electrons. The van der Waals surface area contributed by atoms with Crippen LogP contribution in [0.4, 0.5) is 14.5 Å². The summed E-state index contributed by atoms with van der Waals surface area (Å²) in [7, 11) is 0. The Morgan fingerprint density at radius 1 is 1.12 bits per heavy atom. The fourth-order valence-corrected chi connectivity index (χ4v) is 2.30. The van der Waals surface area contributed by atoms with Crippen LogP contribution in [0, 0.1) is 11.6 Å². The number of rotatable bonds is 4. The molecule has 1 heterocycles. The van der Waals surface area contributed by atoms with Crippen LogP contribution in [0.2, 0.25) is 0 Å². The average molecular weight is 241 g/mol. The SMILES string of the molecule is OCCCc1cc(F)c(F)cc1N1CCCC1. The highest BCUT2D eigenvalue weighted by Gasteiger charge is 2.18. The number of halogens is 2. The van der Waals surface area contributed by atoms with E-state index in [4.69, 9.17) is 5.11 Å². The molecule has 1 aliphatic heterocycles. The first kappa shape index (κ1) is 12.3. The normalized spacial score (nSPS) is 15.6. The fraction of sp³-hybridized carbons (Fsp3) is 0.538. The van der Waals surface area contributed by atoms with Crippen molar-refractivity contribution in [3.8, 4) is 0 Å². The van der Waals surface area contributed by atoms with E-state index in [1.54, 1.807) is 0 Å². The molecule has 2 nitrogen and oxygen atoms in total. The van der Waals surface area contributed by atoms with Crippen molar-refractivity contribution in [1.82, 2.24) is 0 Å². The molecule has 0 aliphatic carbocycles. The number of aliphatic hydroxyl groups excluding tert-OH is 1. The van der Waals surface area contributed by atoms with E-state index in [2.05, 4.69) is 4.90 Å². The van der Waals surface area contributed by atoms with Crippen LogP contribution >= 0.6 is 0 Å². The van der Waals surface area contributed by atoms with Crippen molar-refractivity contribution in [1.29, 1.82) is 0 Å². The van der Waals surface area contributed by atoms with Crippen molar-refractivity contribution in [3.63, 3.8) is 0 Å². The molecule has 0 atom stereocenters. The third kappa shape index (κ3) is 2.75. The molecule has 1 aliphatic rings. The first-order valence-electron chi connectivity index (χ1n) is 6.06. The predicted octanol–water partition coefficient (Wildman–Crippen LogP) is 2.49. The van der Waals surface area contributed by atoms with Crippen molar-refractivity contribution in [2.45, 2.75) is 25.7 Å². The van der Waals surface area contributed by atoms with Gasteiger partial charge in [0.05, 0.1) is 0 Å². The maximum absolute atomic E-state index is 13.3. The van der Waals surface area contributed by atoms with E-state index in [-0.39, 0.29) is 6.61 Å². The van der Waals surface area contributed by atoms with Crippen LogP contribution in [0.25, 0.3) is 0 Å². The molecule has 1 aromatic rings. The number of aryl methyl sites for hydroxylation is 1. The zero-order chi connectivity index (χ0) is 12.3. The first-order valence-corrected chi connectivity index (χ1v) is 6.06. The Morgan fingerprint density at radius 3 is 2.41 bits per heavy atom. The Hall–Kier alpha value is -1.16. The van der Waals surface area contributed by atoms with Gasteiger partial charge in [-0.15, -0.1) is 0 Å². The van der Waals surface area contributed by atoms with Gasteiger partial charge in [0.15, 0.2) is 11.6 Å². The van der Waals surface area contributed by atoms with Gasteiger partial charge in [0.25, 0.3) is 0 Å². The molecule has 17 heavy (non-hydrogen) atoms. The number of hydrogen-bond acceptors (Lipinski definition) is 2. The Balaban J connectivity index is 2.29. The average Bonchev–Trinajstić information content (AvgIpc) is 2.83. The molecule has 1 fully saturated rings. The molecule has 0 spiro atoms. The van der Waals surface area contributed by atoms with Crippen LogP contribution in [0.3, 0.4) is 0 Å². The van der Waals surface area contributed by atoms with E-state index >= 15 is 0 Å². The van der Waals surface area contributed by atoms with E-state index in [0.717, 1.165) is 37.2 Å². The van der Waals surface area contributed by atoms with Gasteiger partial charge in [-0.1, -0.05) is 0 Å². The van der Waals surface area contributed by atoms with Crippen LogP contribution in [0.1, 0.15) is 24.8 Å². The summed E-state index contributed by atoms with van der Waals surface area (Å²) in [5.74, 6) is -1.60. The zero-order valence-electron chi connectivity index (χ0n) is 9.75. The second-order valence-electron chi connectivity index (χ2n) is 4.42. The van der Waals surface area contributed by atoms with Crippen LogP contribution in [-0.2, 0) is 6.42 Å². The van der Waals surface area contributed by atoms with Crippen molar-refractivity contribution in [2.24, 2.45) is 0 Å². The number of benzene rings is 1. The summed E-state index contributed by atoms with van der Waals surface area (Å²) in [6.07, 6.45) is 3.35. The summed E-state index contributed by atoms with van der Waals surface area (Å²) in [6.45, 7) is 1.87. The van der Waals surface area contributed by atoms with Gasteiger partial charge in [0.1, 0.15) is 0 Å². The van der Waals surface area contributed by atoms with Gasteiger partial charge in [-0.2, -0.15) is 0 Å². The summed E-state index contributed by atoms with van der Waals surface area (Å²) < 4.78 is 26.5.